The number of ether oxygens (including phenoxy) is 1. The van der Waals surface area contributed by atoms with E-state index < -0.39 is 11.5 Å². The van der Waals surface area contributed by atoms with E-state index in [2.05, 4.69) is 6.07 Å². The van der Waals surface area contributed by atoms with Crippen LogP contribution >= 0.6 is 0 Å². The number of fused-ring (bicyclic) bond motifs is 1. The van der Waals surface area contributed by atoms with Gasteiger partial charge in [-0.25, -0.2) is 0 Å². The molecule has 2 aromatic rings. The molecule has 5 nitrogen and oxygen atoms in total. The summed E-state index contributed by atoms with van der Waals surface area (Å²) >= 11 is 0. The van der Waals surface area contributed by atoms with Gasteiger partial charge in [0.05, 0.1) is 19.1 Å². The Morgan fingerprint density at radius 1 is 1.12 bits per heavy atom. The van der Waals surface area contributed by atoms with Gasteiger partial charge in [-0.05, 0) is 30.7 Å². The molecule has 0 radical (unpaired) electrons. The molecule has 1 atom stereocenters. The summed E-state index contributed by atoms with van der Waals surface area (Å²) in [5.41, 5.74) is 0.405. The number of rotatable bonds is 4. The minimum Gasteiger partial charge on any atom is -0.466 e. The van der Waals surface area contributed by atoms with E-state index in [9.17, 15) is 14.9 Å². The smallest absolute Gasteiger partial charge is 0.309 e. The molecule has 0 saturated heterocycles. The van der Waals surface area contributed by atoms with E-state index in [0.29, 0.717) is 11.1 Å². The Bertz CT molecular complexity index is 899. The standard InChI is InChI=1S/C21H18N2O3/c1-2-26-19(24)14-21(15-22)18-11-7-6-8-16(18)12-13-23(21)20(25)17-9-4-3-5-10-17/h3-13H,2,14H2,1H3/t21-/m0/s1. The van der Waals surface area contributed by atoms with Gasteiger partial charge in [-0.2, -0.15) is 5.26 Å². The summed E-state index contributed by atoms with van der Waals surface area (Å²) in [5.74, 6) is -0.868. The molecule has 0 unspecified atom stereocenters. The molecule has 0 aliphatic carbocycles. The molecule has 5 heteroatoms. The predicted octanol–water partition coefficient (Wildman–Crippen LogP) is 3.49. The number of hydrogen-bond donors (Lipinski definition) is 0. The van der Waals surface area contributed by atoms with Crippen molar-refractivity contribution in [1.82, 2.24) is 4.90 Å². The molecule has 130 valence electrons. The van der Waals surface area contributed by atoms with Crippen LogP contribution in [0.3, 0.4) is 0 Å². The van der Waals surface area contributed by atoms with Gasteiger partial charge in [-0.1, -0.05) is 42.5 Å². The fraction of sp³-hybridized carbons (Fsp3) is 0.190. The van der Waals surface area contributed by atoms with Gasteiger partial charge in [-0.15, -0.1) is 0 Å². The first-order valence-corrected chi connectivity index (χ1v) is 8.35. The Labute approximate surface area is 152 Å². The summed E-state index contributed by atoms with van der Waals surface area (Å²) in [4.78, 5) is 26.7. The van der Waals surface area contributed by atoms with E-state index in [0.717, 1.165) is 5.56 Å². The van der Waals surface area contributed by atoms with Crippen molar-refractivity contribution in [3.8, 4) is 6.07 Å². The Kier molecular flexibility index (Phi) is 4.85. The van der Waals surface area contributed by atoms with E-state index >= 15 is 0 Å². The number of amides is 1. The monoisotopic (exact) mass is 346 g/mol. The second-order valence-corrected chi connectivity index (χ2v) is 5.90. The van der Waals surface area contributed by atoms with Crippen molar-refractivity contribution in [2.75, 3.05) is 6.61 Å². The third-order valence-electron chi connectivity index (χ3n) is 4.35. The molecule has 0 aromatic heterocycles. The van der Waals surface area contributed by atoms with Crippen LogP contribution in [0.1, 0.15) is 34.8 Å². The van der Waals surface area contributed by atoms with Gasteiger partial charge in [0.15, 0.2) is 5.54 Å². The second-order valence-electron chi connectivity index (χ2n) is 5.90. The fourth-order valence-corrected chi connectivity index (χ4v) is 3.15. The van der Waals surface area contributed by atoms with E-state index in [-0.39, 0.29) is 18.9 Å². The van der Waals surface area contributed by atoms with Gasteiger partial charge in [-0.3, -0.25) is 14.5 Å². The molecule has 1 heterocycles. The summed E-state index contributed by atoms with van der Waals surface area (Å²) in [5, 5.41) is 10.1. The molecule has 2 aromatic carbocycles. The number of carbonyl (C=O) groups excluding carboxylic acids is 2. The molecule has 0 bridgehead atoms. The molecule has 0 fully saturated rings. The normalized spacial score (nSPS) is 17.9. The lowest BCUT2D eigenvalue weighted by Gasteiger charge is -2.39. The molecular weight excluding hydrogens is 328 g/mol. The van der Waals surface area contributed by atoms with Crippen LogP contribution in [-0.4, -0.2) is 23.4 Å². The zero-order valence-electron chi connectivity index (χ0n) is 14.4. The predicted molar refractivity (Wildman–Crippen MR) is 96.6 cm³/mol. The molecule has 0 N–H and O–H groups in total. The van der Waals surface area contributed by atoms with E-state index in [1.54, 1.807) is 55.6 Å². The Morgan fingerprint density at radius 2 is 1.81 bits per heavy atom. The molecule has 0 saturated carbocycles. The number of nitrogens with zero attached hydrogens (tertiary/aromatic N) is 2. The van der Waals surface area contributed by atoms with Gasteiger partial charge < -0.3 is 4.74 Å². The Hall–Kier alpha value is -3.39. The lowest BCUT2D eigenvalue weighted by molar-refractivity contribution is -0.145. The van der Waals surface area contributed by atoms with Crippen molar-refractivity contribution in [2.24, 2.45) is 0 Å². The number of nitriles is 1. The molecule has 0 spiro atoms. The number of carbonyl (C=O) groups is 2. The van der Waals surface area contributed by atoms with Crippen LogP contribution in [0.25, 0.3) is 6.08 Å². The zero-order valence-corrected chi connectivity index (χ0v) is 14.4. The maximum atomic E-state index is 13.1. The van der Waals surface area contributed by atoms with Crippen molar-refractivity contribution in [1.29, 1.82) is 5.26 Å². The SMILES string of the molecule is CCOC(=O)C[C@]1(C#N)c2ccccc2C=CN1C(=O)c1ccccc1. The van der Waals surface area contributed by atoms with Crippen molar-refractivity contribution >= 4 is 18.0 Å². The van der Waals surface area contributed by atoms with Crippen molar-refractivity contribution < 1.29 is 14.3 Å². The molecule has 1 aliphatic rings. The van der Waals surface area contributed by atoms with Crippen molar-refractivity contribution in [3.05, 3.63) is 77.5 Å². The van der Waals surface area contributed by atoms with Crippen LogP contribution in [0.5, 0.6) is 0 Å². The van der Waals surface area contributed by atoms with Crippen LogP contribution in [0.4, 0.5) is 0 Å². The summed E-state index contributed by atoms with van der Waals surface area (Å²) in [6.45, 7) is 1.92. The van der Waals surface area contributed by atoms with Crippen LogP contribution in [-0.2, 0) is 15.1 Å². The first-order chi connectivity index (χ1) is 12.6. The van der Waals surface area contributed by atoms with Crippen LogP contribution in [0.2, 0.25) is 0 Å². The van der Waals surface area contributed by atoms with E-state index in [1.807, 2.05) is 18.2 Å². The van der Waals surface area contributed by atoms with Crippen molar-refractivity contribution in [3.63, 3.8) is 0 Å². The minimum atomic E-state index is -1.45. The Balaban J connectivity index is 2.12. The van der Waals surface area contributed by atoms with Crippen LogP contribution in [0, 0.1) is 11.3 Å². The lowest BCUT2D eigenvalue weighted by Crippen LogP contribution is -2.49. The molecule has 26 heavy (non-hydrogen) atoms. The van der Waals surface area contributed by atoms with Crippen LogP contribution in [0.15, 0.2) is 60.8 Å². The quantitative estimate of drug-likeness (QED) is 0.795. The minimum absolute atomic E-state index is 0.213. The average molecular weight is 346 g/mol. The lowest BCUT2D eigenvalue weighted by atomic mass is 9.80. The summed E-state index contributed by atoms with van der Waals surface area (Å²) < 4.78 is 5.07. The number of benzene rings is 2. The molecular formula is C21H18N2O3. The molecule has 1 amide bonds. The van der Waals surface area contributed by atoms with Gasteiger partial charge in [0.1, 0.15) is 0 Å². The molecule has 3 rings (SSSR count). The van der Waals surface area contributed by atoms with E-state index in [1.165, 1.54) is 4.90 Å². The Morgan fingerprint density at radius 3 is 2.50 bits per heavy atom. The van der Waals surface area contributed by atoms with E-state index in [4.69, 9.17) is 4.74 Å². The second kappa shape index (κ2) is 7.24. The van der Waals surface area contributed by atoms with Gasteiger partial charge in [0.25, 0.3) is 5.91 Å². The first-order valence-electron chi connectivity index (χ1n) is 8.35. The topological polar surface area (TPSA) is 70.4 Å². The third-order valence-corrected chi connectivity index (χ3v) is 4.35. The van der Waals surface area contributed by atoms with Gasteiger partial charge in [0.2, 0.25) is 0 Å². The largest absolute Gasteiger partial charge is 0.466 e. The van der Waals surface area contributed by atoms with Crippen molar-refractivity contribution in [2.45, 2.75) is 18.9 Å². The van der Waals surface area contributed by atoms with Gasteiger partial charge >= 0.3 is 5.97 Å². The highest BCUT2D eigenvalue weighted by molar-refractivity contribution is 5.97. The number of hydrogen-bond acceptors (Lipinski definition) is 4. The summed E-state index contributed by atoms with van der Waals surface area (Å²) in [6.07, 6.45) is 3.11. The van der Waals surface area contributed by atoms with Crippen LogP contribution < -0.4 is 0 Å². The fourth-order valence-electron chi connectivity index (χ4n) is 3.15. The highest BCUT2D eigenvalue weighted by Crippen LogP contribution is 2.39. The number of esters is 1. The maximum absolute atomic E-state index is 13.1. The average Bonchev–Trinajstić information content (AvgIpc) is 2.68. The highest BCUT2D eigenvalue weighted by atomic mass is 16.5. The highest BCUT2D eigenvalue weighted by Gasteiger charge is 2.46. The zero-order chi connectivity index (χ0) is 18.6. The summed E-state index contributed by atoms with van der Waals surface area (Å²) in [6, 6.07) is 18.2. The summed E-state index contributed by atoms with van der Waals surface area (Å²) in [7, 11) is 0. The molecule has 1 aliphatic heterocycles. The first kappa shape index (κ1) is 17.4. The van der Waals surface area contributed by atoms with Gasteiger partial charge in [0, 0.05) is 17.3 Å². The maximum Gasteiger partial charge on any atom is 0.309 e. The third kappa shape index (κ3) is 2.98.